The number of fused-ring (bicyclic) bond motifs is 8. The summed E-state index contributed by atoms with van der Waals surface area (Å²) in [5.74, 6) is 0. The van der Waals surface area contributed by atoms with E-state index in [0.29, 0.717) is 63.7 Å². The molecule has 2 aliphatic heterocycles. The molecule has 0 saturated heterocycles. The lowest BCUT2D eigenvalue weighted by Gasteiger charge is -2.07. The lowest BCUT2D eigenvalue weighted by atomic mass is 10.1. The molecule has 78 heavy (non-hydrogen) atoms. The van der Waals surface area contributed by atoms with Crippen LogP contribution in [-0.2, 0) is 45.1 Å². The summed E-state index contributed by atoms with van der Waals surface area (Å²) in [5.41, 5.74) is 12.7. The van der Waals surface area contributed by atoms with E-state index in [1.54, 1.807) is 0 Å². The SMILES string of the molecule is CCOCCC[n+]1cccc(-c2c3nc(c(-c4ccc[n+](CCCOCC)c4)c4ccc([nH]4)c(-c4ccc[n+](CCCOCC(F)(F)F)c4)c4nc(c(-c5ccc[n+](CCCOCC(F)(F)F)c5)c5ccc2[nH]5)C=C4)C=C3)c1. The third kappa shape index (κ3) is 14.6. The molecule has 406 valence electrons. The van der Waals surface area contributed by atoms with Crippen molar-refractivity contribution >= 4 is 46.4 Å². The van der Waals surface area contributed by atoms with Crippen molar-refractivity contribution in [2.24, 2.45) is 0 Å². The Bertz CT molecular complexity index is 3210. The second-order valence-corrected chi connectivity index (χ2v) is 19.0. The Balaban J connectivity index is 1.28. The summed E-state index contributed by atoms with van der Waals surface area (Å²) in [5, 5.41) is 0. The van der Waals surface area contributed by atoms with Crippen LogP contribution in [0.2, 0.25) is 0 Å². The highest BCUT2D eigenvalue weighted by molar-refractivity contribution is 5.99. The van der Waals surface area contributed by atoms with E-state index < -0.39 is 25.6 Å². The van der Waals surface area contributed by atoms with Crippen LogP contribution < -0.4 is 18.3 Å². The predicted molar refractivity (Wildman–Crippen MR) is 287 cm³/mol. The Labute approximate surface area is 448 Å². The Kier molecular flexibility index (Phi) is 18.4. The van der Waals surface area contributed by atoms with Gasteiger partial charge in [0.15, 0.2) is 75.8 Å². The van der Waals surface area contributed by atoms with Gasteiger partial charge in [0.1, 0.15) is 13.2 Å². The van der Waals surface area contributed by atoms with Crippen molar-refractivity contribution in [2.45, 2.75) is 78.1 Å². The van der Waals surface area contributed by atoms with Gasteiger partial charge in [0.25, 0.3) is 0 Å². The number of hydrogen-bond donors (Lipinski definition) is 2. The van der Waals surface area contributed by atoms with Gasteiger partial charge in [0.2, 0.25) is 0 Å². The summed E-state index contributed by atoms with van der Waals surface area (Å²) < 4.78 is 107. The average Bonchev–Trinajstić information content (AvgIpc) is 4.39. The molecular formula is C60H64F6N8O4+4. The highest BCUT2D eigenvalue weighted by atomic mass is 19.4. The van der Waals surface area contributed by atoms with Crippen LogP contribution in [0.5, 0.6) is 0 Å². The Hall–Kier alpha value is -7.38. The number of aromatic amines is 2. The molecule has 0 aromatic carbocycles. The highest BCUT2D eigenvalue weighted by Gasteiger charge is 2.29. The maximum atomic E-state index is 12.9. The summed E-state index contributed by atoms with van der Waals surface area (Å²) in [7, 11) is 0. The maximum Gasteiger partial charge on any atom is 0.411 e. The fraction of sp³-hybridized carbons (Fsp3) is 0.333. The second kappa shape index (κ2) is 25.8. The molecule has 0 atom stereocenters. The number of ether oxygens (including phenoxy) is 4. The second-order valence-electron chi connectivity index (χ2n) is 19.0. The number of alkyl halides is 6. The molecule has 2 N–H and O–H groups in total. The topological polar surface area (TPSA) is 110 Å². The Morgan fingerprint density at radius 1 is 0.397 bits per heavy atom. The van der Waals surface area contributed by atoms with Crippen molar-refractivity contribution in [2.75, 3.05) is 52.9 Å². The van der Waals surface area contributed by atoms with E-state index in [0.717, 1.165) is 104 Å². The fourth-order valence-corrected chi connectivity index (χ4v) is 9.72. The Morgan fingerprint density at radius 2 is 0.667 bits per heavy atom. The van der Waals surface area contributed by atoms with Crippen LogP contribution in [0, 0.1) is 0 Å². The molecule has 0 fully saturated rings. The minimum atomic E-state index is -4.41. The first-order valence-electron chi connectivity index (χ1n) is 26.4. The monoisotopic (exact) mass is 1070 g/mol. The molecule has 18 heteroatoms. The molecule has 0 unspecified atom stereocenters. The van der Waals surface area contributed by atoms with Gasteiger partial charge in [-0.05, 0) is 86.7 Å². The molecule has 0 amide bonds. The zero-order valence-corrected chi connectivity index (χ0v) is 43.8. The van der Waals surface area contributed by atoms with Gasteiger partial charge in [0, 0.05) is 130 Å². The number of H-pyrrole nitrogens is 2. The number of pyridine rings is 4. The van der Waals surface area contributed by atoms with E-state index in [9.17, 15) is 26.3 Å². The minimum Gasteiger partial charge on any atom is -0.381 e. The van der Waals surface area contributed by atoms with Gasteiger partial charge in [-0.15, -0.1) is 0 Å². The third-order valence-electron chi connectivity index (χ3n) is 13.1. The molecule has 7 aromatic rings. The molecule has 0 saturated carbocycles. The van der Waals surface area contributed by atoms with Crippen LogP contribution in [-0.4, -0.2) is 85.1 Å². The van der Waals surface area contributed by atoms with Gasteiger partial charge in [-0.2, -0.15) is 26.3 Å². The van der Waals surface area contributed by atoms with E-state index >= 15 is 0 Å². The minimum absolute atomic E-state index is 0.0624. The molecule has 9 rings (SSSR count). The standard InChI is InChI=1S/C60H64F6N8O4/c1-3-75-33-9-29-71-25-5-13-43(37-71)55-47-17-18-48(67-47)56(44-14-6-26-72(38-44)30-10-34-76-4-2)50-20-22-52(69-50)58(46-16-8-28-74(40-46)32-12-36-78-42-60(64,65)66)54-24-23-53(70-54)57(51-21-19-49(55)68-51)45-15-7-27-73(39-45)31-11-35-77-41-59(61,62)63/h5-8,13-28,37-40,68-69H,3-4,9-12,29-36,41-42H2,1-2H3/q+4. The summed E-state index contributed by atoms with van der Waals surface area (Å²) in [6.07, 6.45) is 17.7. The van der Waals surface area contributed by atoms with Crippen LogP contribution in [0.1, 0.15) is 62.3 Å². The van der Waals surface area contributed by atoms with E-state index in [-0.39, 0.29) is 13.2 Å². The van der Waals surface area contributed by atoms with Crippen molar-refractivity contribution in [1.82, 2.24) is 19.9 Å². The molecule has 2 aliphatic rings. The van der Waals surface area contributed by atoms with Gasteiger partial charge >= 0.3 is 12.4 Å². The van der Waals surface area contributed by atoms with Crippen molar-refractivity contribution in [3.05, 3.63) is 145 Å². The zero-order valence-electron chi connectivity index (χ0n) is 43.8. The van der Waals surface area contributed by atoms with E-state index in [1.807, 2.05) is 108 Å². The highest BCUT2D eigenvalue weighted by Crippen LogP contribution is 2.38. The van der Waals surface area contributed by atoms with E-state index in [1.165, 1.54) is 0 Å². The van der Waals surface area contributed by atoms with Crippen molar-refractivity contribution in [3.8, 4) is 44.5 Å². The number of halogens is 6. The number of aromatic nitrogens is 8. The van der Waals surface area contributed by atoms with E-state index in [4.69, 9.17) is 28.9 Å². The molecule has 0 aliphatic carbocycles. The fourth-order valence-electron chi connectivity index (χ4n) is 9.72. The zero-order chi connectivity index (χ0) is 54.5. The summed E-state index contributed by atoms with van der Waals surface area (Å²) in [4.78, 5) is 18.5. The predicted octanol–water partition coefficient (Wildman–Crippen LogP) is 11.3. The molecule has 12 nitrogen and oxygen atoms in total. The van der Waals surface area contributed by atoms with Crippen LogP contribution in [0.3, 0.4) is 0 Å². The first-order valence-corrected chi connectivity index (χ1v) is 26.4. The van der Waals surface area contributed by atoms with Crippen molar-refractivity contribution in [1.29, 1.82) is 0 Å². The average molecular weight is 1080 g/mol. The maximum absolute atomic E-state index is 12.9. The normalized spacial score (nSPS) is 12.5. The molecular weight excluding hydrogens is 1010 g/mol. The molecule has 0 radical (unpaired) electrons. The quantitative estimate of drug-likeness (QED) is 0.0354. The summed E-state index contributed by atoms with van der Waals surface area (Å²) in [6.45, 7) is 6.13. The number of nitrogens with zero attached hydrogens (tertiary/aromatic N) is 6. The van der Waals surface area contributed by atoms with Crippen LogP contribution >= 0.6 is 0 Å². The lowest BCUT2D eigenvalue weighted by Crippen LogP contribution is -2.33. The van der Waals surface area contributed by atoms with Crippen LogP contribution in [0.4, 0.5) is 26.3 Å². The third-order valence-corrected chi connectivity index (χ3v) is 13.1. The molecule has 8 bridgehead atoms. The molecule has 0 spiro atoms. The number of rotatable bonds is 24. The Morgan fingerprint density at radius 3 is 0.923 bits per heavy atom. The van der Waals surface area contributed by atoms with E-state index in [2.05, 4.69) is 80.3 Å². The largest absolute Gasteiger partial charge is 0.411 e. The van der Waals surface area contributed by atoms with Crippen molar-refractivity contribution < 1.29 is 63.6 Å². The van der Waals surface area contributed by atoms with Gasteiger partial charge in [-0.3, -0.25) is 0 Å². The van der Waals surface area contributed by atoms with Gasteiger partial charge in [-0.1, -0.05) is 0 Å². The first kappa shape index (κ1) is 55.4. The smallest absolute Gasteiger partial charge is 0.381 e. The van der Waals surface area contributed by atoms with Gasteiger partial charge in [-0.25, -0.2) is 28.2 Å². The van der Waals surface area contributed by atoms with Crippen LogP contribution in [0.15, 0.2) is 122 Å². The number of aryl methyl sites for hydroxylation is 4. The van der Waals surface area contributed by atoms with Gasteiger partial charge in [0.05, 0.1) is 49.2 Å². The molecule has 7 aromatic heterocycles. The van der Waals surface area contributed by atoms with Crippen molar-refractivity contribution in [3.63, 3.8) is 0 Å². The summed E-state index contributed by atoms with van der Waals surface area (Å²) >= 11 is 0. The number of nitrogens with one attached hydrogen (secondary N) is 2. The van der Waals surface area contributed by atoms with Crippen LogP contribution in [0.25, 0.3) is 90.9 Å². The molecule has 9 heterocycles. The summed E-state index contributed by atoms with van der Waals surface area (Å²) in [6, 6.07) is 24.2. The van der Waals surface area contributed by atoms with Gasteiger partial charge < -0.3 is 28.9 Å². The lowest BCUT2D eigenvalue weighted by molar-refractivity contribution is -0.697. The first-order chi connectivity index (χ1) is 37.8. The number of hydrogen-bond acceptors (Lipinski definition) is 6.